The van der Waals surface area contributed by atoms with Crippen LogP contribution in [-0.2, 0) is 0 Å². The predicted molar refractivity (Wildman–Crippen MR) is 26.9 cm³/mol. The summed E-state index contributed by atoms with van der Waals surface area (Å²) >= 11 is 0. The molecule has 0 saturated heterocycles. The van der Waals surface area contributed by atoms with Crippen LogP contribution in [0.2, 0.25) is 0 Å². The Morgan fingerprint density at radius 1 is 1.71 bits per heavy atom. The average Bonchev–Trinajstić information content (AvgIpc) is 1.61. The molecule has 0 saturated carbocycles. The molecule has 0 aliphatic carbocycles. The minimum atomic E-state index is -0.337. The Labute approximate surface area is 43.2 Å². The van der Waals surface area contributed by atoms with E-state index < -0.39 is 0 Å². The van der Waals surface area contributed by atoms with Crippen LogP contribution in [0.4, 0.5) is 4.39 Å². The van der Waals surface area contributed by atoms with Gasteiger partial charge in [0.25, 0.3) is 0 Å². The van der Waals surface area contributed by atoms with Crippen molar-refractivity contribution >= 4 is 0 Å². The molecule has 2 heteroatoms. The first-order valence-corrected chi connectivity index (χ1v) is 2.51. The third kappa shape index (κ3) is 5.89. The third-order valence-electron chi connectivity index (χ3n) is 0.756. The predicted octanol–water partition coefficient (Wildman–Crippen LogP) is 1.12. The molecule has 0 bridgehead atoms. The van der Waals surface area contributed by atoms with Crippen molar-refractivity contribution in [3.63, 3.8) is 0 Å². The van der Waals surface area contributed by atoms with E-state index in [9.17, 15) is 4.39 Å². The molecule has 0 radical (unpaired) electrons. The second kappa shape index (κ2) is 4.06. The Bertz CT molecular complexity index is 37.1. The van der Waals surface area contributed by atoms with Crippen molar-refractivity contribution in [3.8, 4) is 0 Å². The second-order valence-corrected chi connectivity index (χ2v) is 1.68. The maximum atomic E-state index is 11.2. The van der Waals surface area contributed by atoms with Gasteiger partial charge in [0.2, 0.25) is 0 Å². The van der Waals surface area contributed by atoms with Crippen molar-refractivity contribution in [2.24, 2.45) is 0 Å². The van der Waals surface area contributed by atoms with E-state index in [4.69, 9.17) is 5.11 Å². The van der Waals surface area contributed by atoms with Gasteiger partial charge in [-0.1, -0.05) is 0 Å². The van der Waals surface area contributed by atoms with Gasteiger partial charge in [0.15, 0.2) is 0 Å². The number of hydrogen-bond donors (Lipinski definition) is 1. The lowest BCUT2D eigenvalue weighted by molar-refractivity contribution is 0.177. The van der Waals surface area contributed by atoms with Crippen LogP contribution < -0.4 is 0 Å². The van der Waals surface area contributed by atoms with Crippen molar-refractivity contribution in [1.82, 2.24) is 0 Å². The van der Waals surface area contributed by atoms with Crippen LogP contribution >= 0.6 is 0 Å². The van der Waals surface area contributed by atoms with Crippen LogP contribution in [0.15, 0.2) is 0 Å². The third-order valence-corrected chi connectivity index (χ3v) is 0.756. The van der Waals surface area contributed by atoms with E-state index in [0.29, 0.717) is 12.8 Å². The zero-order chi connectivity index (χ0) is 5.70. The van der Waals surface area contributed by atoms with Gasteiger partial charge in [-0.05, 0) is 19.8 Å². The van der Waals surface area contributed by atoms with Gasteiger partial charge in [-0.3, -0.25) is 4.39 Å². The molecule has 1 nitrogen and oxygen atoms in total. The van der Waals surface area contributed by atoms with Gasteiger partial charge in [0, 0.05) is 0 Å². The minimum Gasteiger partial charge on any atom is -0.393 e. The molecule has 0 aromatic rings. The quantitative estimate of drug-likeness (QED) is 0.571. The van der Waals surface area contributed by atoms with E-state index in [1.54, 1.807) is 6.92 Å². The molecule has 0 fully saturated rings. The van der Waals surface area contributed by atoms with E-state index in [-0.39, 0.29) is 12.8 Å². The molecular weight excluding hydrogens is 95.1 g/mol. The van der Waals surface area contributed by atoms with Gasteiger partial charge in [-0.2, -0.15) is 0 Å². The van der Waals surface area contributed by atoms with Gasteiger partial charge in [-0.15, -0.1) is 0 Å². The van der Waals surface area contributed by atoms with Crippen LogP contribution in [0, 0.1) is 0 Å². The molecule has 0 spiro atoms. The largest absolute Gasteiger partial charge is 0.393 e. The van der Waals surface area contributed by atoms with Crippen LogP contribution in [0.3, 0.4) is 0 Å². The molecule has 0 heterocycles. The lowest BCUT2D eigenvalue weighted by atomic mass is 10.2. The summed E-state index contributed by atoms with van der Waals surface area (Å²) in [7, 11) is 0. The highest BCUT2D eigenvalue weighted by Gasteiger charge is 1.91. The second-order valence-electron chi connectivity index (χ2n) is 1.68. The number of rotatable bonds is 3. The van der Waals surface area contributed by atoms with E-state index in [1.165, 1.54) is 0 Å². The van der Waals surface area contributed by atoms with Crippen molar-refractivity contribution in [2.75, 3.05) is 6.67 Å². The summed E-state index contributed by atoms with van der Waals surface area (Å²) in [5.41, 5.74) is 0. The van der Waals surface area contributed by atoms with Crippen LogP contribution in [0.1, 0.15) is 19.8 Å². The standard InChI is InChI=1S/C5H11FO/c1-5(7)3-2-4-6/h5,7H,2-4H2,1H3. The molecule has 0 aliphatic rings. The van der Waals surface area contributed by atoms with E-state index in [1.807, 2.05) is 0 Å². The smallest absolute Gasteiger partial charge is 0.0895 e. The highest BCUT2D eigenvalue weighted by molar-refractivity contribution is 4.44. The molecule has 44 valence electrons. The Morgan fingerprint density at radius 3 is 2.43 bits per heavy atom. The minimum absolute atomic E-state index is 0.315. The molecule has 1 atom stereocenters. The normalized spacial score (nSPS) is 14.1. The molecule has 0 aliphatic heterocycles. The Hall–Kier alpha value is -0.110. The van der Waals surface area contributed by atoms with Gasteiger partial charge >= 0.3 is 0 Å². The summed E-state index contributed by atoms with van der Waals surface area (Å²) in [4.78, 5) is 0. The van der Waals surface area contributed by atoms with E-state index >= 15 is 0 Å². The summed E-state index contributed by atoms with van der Waals surface area (Å²) in [6, 6.07) is 0. The Balaban J connectivity index is 2.68. The molecule has 1 N–H and O–H groups in total. The van der Waals surface area contributed by atoms with Crippen molar-refractivity contribution < 1.29 is 9.50 Å². The summed E-state index contributed by atoms with van der Waals surface area (Å²) in [5.74, 6) is 0. The molecular formula is C5H11FO. The molecule has 7 heavy (non-hydrogen) atoms. The van der Waals surface area contributed by atoms with Crippen molar-refractivity contribution in [3.05, 3.63) is 0 Å². The first-order valence-electron chi connectivity index (χ1n) is 2.51. The number of hydrogen-bond acceptors (Lipinski definition) is 1. The monoisotopic (exact) mass is 106 g/mol. The van der Waals surface area contributed by atoms with Crippen molar-refractivity contribution in [2.45, 2.75) is 25.9 Å². The number of aliphatic hydroxyl groups is 1. The summed E-state index contributed by atoms with van der Waals surface area (Å²) < 4.78 is 11.2. The summed E-state index contributed by atoms with van der Waals surface area (Å²) in [5, 5.41) is 8.52. The van der Waals surface area contributed by atoms with E-state index in [2.05, 4.69) is 0 Å². The van der Waals surface area contributed by atoms with Crippen LogP contribution in [0.5, 0.6) is 0 Å². The first kappa shape index (κ1) is 6.89. The molecule has 0 aromatic heterocycles. The average molecular weight is 106 g/mol. The highest BCUT2D eigenvalue weighted by atomic mass is 19.1. The number of halogens is 1. The lowest BCUT2D eigenvalue weighted by Gasteiger charge is -1.97. The van der Waals surface area contributed by atoms with Gasteiger partial charge in [0.05, 0.1) is 12.8 Å². The highest BCUT2D eigenvalue weighted by Crippen LogP contribution is 1.94. The molecule has 1 unspecified atom stereocenters. The topological polar surface area (TPSA) is 20.2 Å². The maximum Gasteiger partial charge on any atom is 0.0895 e. The number of aliphatic hydroxyl groups excluding tert-OH is 1. The van der Waals surface area contributed by atoms with Crippen LogP contribution in [-0.4, -0.2) is 17.9 Å². The fraction of sp³-hybridized carbons (Fsp3) is 1.00. The SMILES string of the molecule is CC(O)CCCF. The van der Waals surface area contributed by atoms with Gasteiger partial charge < -0.3 is 5.11 Å². The Kier molecular flexibility index (Phi) is 4.00. The van der Waals surface area contributed by atoms with Crippen molar-refractivity contribution in [1.29, 1.82) is 0 Å². The number of alkyl halides is 1. The molecule has 0 aromatic carbocycles. The zero-order valence-electron chi connectivity index (χ0n) is 4.52. The van der Waals surface area contributed by atoms with Gasteiger partial charge in [-0.25, -0.2) is 0 Å². The molecule has 0 rings (SSSR count). The van der Waals surface area contributed by atoms with Gasteiger partial charge in [0.1, 0.15) is 0 Å². The summed E-state index contributed by atoms with van der Waals surface area (Å²) in [6.45, 7) is 1.35. The fourth-order valence-corrected chi connectivity index (χ4v) is 0.373. The summed E-state index contributed by atoms with van der Waals surface area (Å²) in [6.07, 6.45) is 0.726. The maximum absolute atomic E-state index is 11.2. The fourth-order valence-electron chi connectivity index (χ4n) is 0.373. The first-order chi connectivity index (χ1) is 3.27. The van der Waals surface area contributed by atoms with Crippen LogP contribution in [0.25, 0.3) is 0 Å². The lowest BCUT2D eigenvalue weighted by Crippen LogP contribution is -1.98. The molecule has 0 amide bonds. The van der Waals surface area contributed by atoms with E-state index in [0.717, 1.165) is 0 Å². The zero-order valence-corrected chi connectivity index (χ0v) is 4.52. The Morgan fingerprint density at radius 2 is 2.29 bits per heavy atom.